The van der Waals surface area contributed by atoms with Crippen LogP contribution in [0.25, 0.3) is 0 Å². The van der Waals surface area contributed by atoms with E-state index in [-0.39, 0.29) is 30.6 Å². The van der Waals surface area contributed by atoms with Gasteiger partial charge in [0.25, 0.3) is 11.8 Å². The molecule has 3 rings (SSSR count). The van der Waals surface area contributed by atoms with E-state index in [0.29, 0.717) is 151 Å². The molecule has 1 atom stereocenters. The second-order valence-electron chi connectivity index (χ2n) is 14.4. The summed E-state index contributed by atoms with van der Waals surface area (Å²) in [6.07, 6.45) is 0.161. The minimum atomic E-state index is -1.02. The average molecular weight is 872 g/mol. The van der Waals surface area contributed by atoms with Gasteiger partial charge < -0.3 is 62.2 Å². The molecular formula is C41H65N3O17. The lowest BCUT2D eigenvalue weighted by molar-refractivity contribution is -0.160. The number of fused-ring (bicyclic) bond motifs is 1. The standard InChI is InChI=1S/C41H65N3O17/c1-41(2,3)61-36(46)31-60-30-29-59-28-27-58-26-25-57-24-23-56-22-21-55-20-19-54-18-17-53-16-15-52-14-13-51-12-11-50-10-9-42-33-6-4-5-32-37(33)40(49)44(39(32)48)34-7-8-35(45)43-38(34)47/h4-6,34,42H,7-31H2,1-3H3,(H,43,45,47). The molecule has 1 unspecified atom stereocenters. The number of esters is 1. The zero-order chi connectivity index (χ0) is 44.0. The Hall–Kier alpha value is -3.67. The van der Waals surface area contributed by atoms with E-state index in [2.05, 4.69) is 10.6 Å². The van der Waals surface area contributed by atoms with Crippen molar-refractivity contribution in [2.24, 2.45) is 0 Å². The highest BCUT2D eigenvalue weighted by atomic mass is 16.6. The summed E-state index contributed by atoms with van der Waals surface area (Å²) < 4.78 is 65.2. The molecule has 2 aliphatic rings. The number of hydrogen-bond acceptors (Lipinski definition) is 18. The number of carbonyl (C=O) groups is 5. The van der Waals surface area contributed by atoms with Gasteiger partial charge in [-0.05, 0) is 39.3 Å². The minimum absolute atomic E-state index is 0.0615. The molecule has 1 aromatic rings. The maximum absolute atomic E-state index is 13.2. The van der Waals surface area contributed by atoms with Gasteiger partial charge in [0, 0.05) is 18.7 Å². The molecule has 2 heterocycles. The molecule has 1 fully saturated rings. The first kappa shape index (κ1) is 51.7. The third-order valence-corrected chi connectivity index (χ3v) is 8.39. The number of piperidine rings is 1. The van der Waals surface area contributed by atoms with Crippen LogP contribution in [0.4, 0.5) is 5.69 Å². The summed E-state index contributed by atoms with van der Waals surface area (Å²) >= 11 is 0. The number of amides is 4. The van der Waals surface area contributed by atoms with Gasteiger partial charge in [0.15, 0.2) is 0 Å². The van der Waals surface area contributed by atoms with Gasteiger partial charge in [0.2, 0.25) is 11.8 Å². The molecule has 0 radical (unpaired) electrons. The van der Waals surface area contributed by atoms with Gasteiger partial charge in [-0.2, -0.15) is 0 Å². The first-order chi connectivity index (χ1) is 29.6. The number of anilines is 1. The summed E-state index contributed by atoms with van der Waals surface area (Å²) in [6, 6.07) is 3.89. The van der Waals surface area contributed by atoms with E-state index in [1.807, 2.05) is 0 Å². The van der Waals surface area contributed by atoms with Gasteiger partial charge in [-0.3, -0.25) is 29.4 Å². The van der Waals surface area contributed by atoms with Crippen LogP contribution in [0.15, 0.2) is 18.2 Å². The Kier molecular flexibility index (Phi) is 26.4. The Balaban J connectivity index is 0.980. The topological polar surface area (TPSA) is 223 Å². The van der Waals surface area contributed by atoms with E-state index in [1.54, 1.807) is 39.0 Å². The second kappa shape index (κ2) is 31.2. The van der Waals surface area contributed by atoms with Crippen molar-refractivity contribution in [1.29, 1.82) is 0 Å². The molecule has 2 aliphatic heterocycles. The number of ether oxygens (including phenoxy) is 12. The number of nitrogens with one attached hydrogen (secondary N) is 2. The van der Waals surface area contributed by atoms with E-state index in [9.17, 15) is 24.0 Å². The van der Waals surface area contributed by atoms with Crippen LogP contribution in [0.1, 0.15) is 54.3 Å². The quantitative estimate of drug-likeness (QED) is 0.0541. The fraction of sp³-hybridized carbons (Fsp3) is 0.732. The van der Waals surface area contributed by atoms with Gasteiger partial charge >= 0.3 is 5.97 Å². The predicted octanol–water partition coefficient (Wildman–Crippen LogP) is 1.02. The summed E-state index contributed by atoms with van der Waals surface area (Å²) in [4.78, 5) is 62.4. The van der Waals surface area contributed by atoms with Crippen molar-refractivity contribution in [2.45, 2.75) is 45.3 Å². The number of rotatable bonds is 37. The number of carbonyl (C=O) groups excluding carboxylic acids is 5. The fourth-order valence-corrected chi connectivity index (χ4v) is 5.65. The molecule has 0 spiro atoms. The Labute approximate surface area is 357 Å². The number of hydrogen-bond donors (Lipinski definition) is 2. The van der Waals surface area contributed by atoms with Crippen molar-refractivity contribution < 1.29 is 80.8 Å². The molecule has 61 heavy (non-hydrogen) atoms. The monoisotopic (exact) mass is 871 g/mol. The highest BCUT2D eigenvalue weighted by Crippen LogP contribution is 2.32. The zero-order valence-electron chi connectivity index (χ0n) is 35.9. The van der Waals surface area contributed by atoms with Gasteiger partial charge in [-0.25, -0.2) is 4.79 Å². The Morgan fingerprint density at radius 1 is 0.607 bits per heavy atom. The van der Waals surface area contributed by atoms with Crippen LogP contribution >= 0.6 is 0 Å². The number of imide groups is 2. The van der Waals surface area contributed by atoms with Crippen molar-refractivity contribution >= 4 is 35.3 Å². The first-order valence-electron chi connectivity index (χ1n) is 20.7. The van der Waals surface area contributed by atoms with Gasteiger partial charge in [-0.1, -0.05) is 6.07 Å². The third-order valence-electron chi connectivity index (χ3n) is 8.39. The highest BCUT2D eigenvalue weighted by molar-refractivity contribution is 6.25. The smallest absolute Gasteiger partial charge is 0.332 e. The molecule has 1 saturated heterocycles. The summed E-state index contributed by atoms with van der Waals surface area (Å²) in [7, 11) is 0. The Morgan fingerprint density at radius 2 is 1.02 bits per heavy atom. The SMILES string of the molecule is CC(C)(C)OC(=O)COCCOCCOCCOCCOCCOCCOCCOCCOCCOCCOCCNc1cccc2c1C(=O)N(C1CCC(=O)NC1=O)C2=O. The molecule has 1 aromatic carbocycles. The molecule has 20 nitrogen and oxygen atoms in total. The lowest BCUT2D eigenvalue weighted by Crippen LogP contribution is -2.54. The van der Waals surface area contributed by atoms with Crippen molar-refractivity contribution in [3.63, 3.8) is 0 Å². The van der Waals surface area contributed by atoms with Crippen molar-refractivity contribution in [3.05, 3.63) is 29.3 Å². The Bertz CT molecular complexity index is 1440. The second-order valence-corrected chi connectivity index (χ2v) is 14.4. The van der Waals surface area contributed by atoms with E-state index >= 15 is 0 Å². The third kappa shape index (κ3) is 22.3. The summed E-state index contributed by atoms with van der Waals surface area (Å²) in [6.45, 7) is 14.6. The molecule has 2 N–H and O–H groups in total. The van der Waals surface area contributed by atoms with Crippen LogP contribution in [0.3, 0.4) is 0 Å². The van der Waals surface area contributed by atoms with Crippen molar-refractivity contribution in [3.8, 4) is 0 Å². The average Bonchev–Trinajstić information content (AvgIpc) is 3.47. The zero-order valence-corrected chi connectivity index (χ0v) is 35.9. The van der Waals surface area contributed by atoms with E-state index in [4.69, 9.17) is 56.8 Å². The molecule has 0 bridgehead atoms. The normalized spacial score (nSPS) is 15.4. The molecule has 20 heteroatoms. The number of benzene rings is 1. The van der Waals surface area contributed by atoms with E-state index < -0.39 is 41.2 Å². The van der Waals surface area contributed by atoms with Crippen LogP contribution in [0.2, 0.25) is 0 Å². The van der Waals surface area contributed by atoms with Crippen LogP contribution in [-0.2, 0) is 71.2 Å². The lowest BCUT2D eigenvalue weighted by atomic mass is 10.0. The summed E-state index contributed by atoms with van der Waals surface area (Å²) in [5.41, 5.74) is 0.369. The van der Waals surface area contributed by atoms with Crippen LogP contribution in [0, 0.1) is 0 Å². The molecular weight excluding hydrogens is 806 g/mol. The minimum Gasteiger partial charge on any atom is -0.458 e. The van der Waals surface area contributed by atoms with Crippen LogP contribution in [0.5, 0.6) is 0 Å². The summed E-state index contributed by atoms with van der Waals surface area (Å²) in [5, 5.41) is 5.33. The maximum atomic E-state index is 13.2. The summed E-state index contributed by atoms with van der Waals surface area (Å²) in [5.74, 6) is -2.58. The van der Waals surface area contributed by atoms with Gasteiger partial charge in [0.1, 0.15) is 18.2 Å². The molecule has 0 aliphatic carbocycles. The molecule has 0 saturated carbocycles. The molecule has 4 amide bonds. The number of nitrogens with zero attached hydrogens (tertiary/aromatic N) is 1. The van der Waals surface area contributed by atoms with Crippen LogP contribution in [-0.4, -0.2) is 198 Å². The first-order valence-corrected chi connectivity index (χ1v) is 20.7. The Morgan fingerprint density at radius 3 is 1.43 bits per heavy atom. The van der Waals surface area contributed by atoms with Gasteiger partial charge in [0.05, 0.1) is 150 Å². The molecule has 346 valence electrons. The van der Waals surface area contributed by atoms with Crippen LogP contribution < -0.4 is 10.6 Å². The van der Waals surface area contributed by atoms with Crippen molar-refractivity contribution in [1.82, 2.24) is 10.2 Å². The van der Waals surface area contributed by atoms with Crippen molar-refractivity contribution in [2.75, 3.05) is 157 Å². The predicted molar refractivity (Wildman–Crippen MR) is 216 cm³/mol. The molecule has 0 aromatic heterocycles. The fourth-order valence-electron chi connectivity index (χ4n) is 5.65. The largest absolute Gasteiger partial charge is 0.458 e. The van der Waals surface area contributed by atoms with Gasteiger partial charge in [-0.15, -0.1) is 0 Å². The van der Waals surface area contributed by atoms with E-state index in [1.165, 1.54) is 0 Å². The highest BCUT2D eigenvalue weighted by Gasteiger charge is 2.45. The van der Waals surface area contributed by atoms with E-state index in [0.717, 1.165) is 4.90 Å². The lowest BCUT2D eigenvalue weighted by Gasteiger charge is -2.27. The maximum Gasteiger partial charge on any atom is 0.332 e.